The zero-order chi connectivity index (χ0) is 16.9. The number of hydrogen-bond acceptors (Lipinski definition) is 5. The molecule has 3 rings (SSSR count). The molecule has 2 aromatic rings. The van der Waals surface area contributed by atoms with Crippen LogP contribution in [-0.2, 0) is 29.0 Å². The van der Waals surface area contributed by atoms with Crippen LogP contribution >= 0.6 is 0 Å². The topological polar surface area (TPSA) is 101 Å². The molecule has 1 aliphatic rings. The molecule has 7 heteroatoms. The Bertz CT molecular complexity index is 749. The maximum absolute atomic E-state index is 11.8. The minimum absolute atomic E-state index is 0.165. The average molecular weight is 327 g/mol. The fourth-order valence-electron chi connectivity index (χ4n) is 2.63. The van der Waals surface area contributed by atoms with Crippen molar-refractivity contribution in [3.8, 4) is 0 Å². The molecule has 1 aromatic carbocycles. The molecule has 0 spiro atoms. The quantitative estimate of drug-likeness (QED) is 0.894. The first-order valence-corrected chi connectivity index (χ1v) is 7.67. The van der Waals surface area contributed by atoms with Crippen LogP contribution in [0.25, 0.3) is 0 Å². The van der Waals surface area contributed by atoms with Gasteiger partial charge in [0.05, 0.1) is 5.92 Å². The summed E-state index contributed by atoms with van der Waals surface area (Å²) in [5.41, 5.74) is 2.48. The number of aromatic nitrogens is 2. The summed E-state index contributed by atoms with van der Waals surface area (Å²) in [6, 6.07) is 9.35. The van der Waals surface area contributed by atoms with Gasteiger partial charge < -0.3 is 9.84 Å². The van der Waals surface area contributed by atoms with Crippen LogP contribution < -0.4 is 5.32 Å². The summed E-state index contributed by atoms with van der Waals surface area (Å²) in [6.07, 6.45) is 2.46. The van der Waals surface area contributed by atoms with Gasteiger partial charge in [0.1, 0.15) is 6.61 Å². The van der Waals surface area contributed by atoms with E-state index >= 15 is 0 Å². The summed E-state index contributed by atoms with van der Waals surface area (Å²) >= 11 is 0. The van der Waals surface area contributed by atoms with Gasteiger partial charge in [0.15, 0.2) is 0 Å². The predicted octanol–water partition coefficient (Wildman–Crippen LogP) is 2.41. The fraction of sp³-hybridized carbons (Fsp3) is 0.294. The summed E-state index contributed by atoms with van der Waals surface area (Å²) in [6.45, 7) is 0.165. The zero-order valence-electron chi connectivity index (χ0n) is 12.9. The minimum Gasteiger partial charge on any atom is -0.481 e. The molecule has 1 heterocycles. The van der Waals surface area contributed by atoms with Crippen molar-refractivity contribution in [2.45, 2.75) is 25.9 Å². The van der Waals surface area contributed by atoms with Crippen molar-refractivity contribution in [3.63, 3.8) is 0 Å². The summed E-state index contributed by atoms with van der Waals surface area (Å²) in [5.74, 6) is -1.02. The number of hydrogen-bond donors (Lipinski definition) is 2. The summed E-state index contributed by atoms with van der Waals surface area (Å²) < 4.78 is 5.12. The third-order valence-corrected chi connectivity index (χ3v) is 3.93. The molecule has 0 bridgehead atoms. The lowest BCUT2D eigenvalue weighted by Crippen LogP contribution is -2.24. The van der Waals surface area contributed by atoms with Crippen LogP contribution in [0.3, 0.4) is 0 Å². The minimum atomic E-state index is -0.799. The number of carbonyl (C=O) groups excluding carboxylic acids is 1. The maximum atomic E-state index is 11.8. The molecular formula is C17H17N3O4. The van der Waals surface area contributed by atoms with Crippen LogP contribution in [0.2, 0.25) is 0 Å². The number of carboxylic acid groups (broad SMARTS) is 1. The second-order valence-corrected chi connectivity index (χ2v) is 5.63. The molecule has 2 N–H and O–H groups in total. The van der Waals surface area contributed by atoms with Gasteiger partial charge >= 0.3 is 12.1 Å². The Morgan fingerprint density at radius 3 is 2.83 bits per heavy atom. The number of aryl methyl sites for hydroxylation is 1. The molecule has 24 heavy (non-hydrogen) atoms. The van der Waals surface area contributed by atoms with E-state index in [9.17, 15) is 9.59 Å². The number of fused-ring (bicyclic) bond motifs is 1. The first kappa shape index (κ1) is 15.9. The molecule has 0 saturated carbocycles. The van der Waals surface area contributed by atoms with Crippen LogP contribution in [0.15, 0.2) is 36.5 Å². The molecule has 0 saturated heterocycles. The Kier molecular flexibility index (Phi) is 4.69. The second kappa shape index (κ2) is 7.08. The zero-order valence-corrected chi connectivity index (χ0v) is 12.9. The van der Waals surface area contributed by atoms with Gasteiger partial charge in [0.2, 0.25) is 5.95 Å². The normalized spacial score (nSPS) is 16.1. The third kappa shape index (κ3) is 3.87. The summed E-state index contributed by atoms with van der Waals surface area (Å²) in [5, 5.41) is 11.6. The van der Waals surface area contributed by atoms with E-state index in [2.05, 4.69) is 15.3 Å². The second-order valence-electron chi connectivity index (χ2n) is 5.63. The standard InChI is InChI=1S/C17H17N3O4/c21-15(22)12-6-7-14-13(8-12)9-18-16(19-14)20-17(23)24-10-11-4-2-1-3-5-11/h1-5,9,12H,6-8,10H2,(H,21,22)(H,18,19,20,23). The van der Waals surface area contributed by atoms with Gasteiger partial charge in [-0.25, -0.2) is 14.8 Å². The predicted molar refractivity (Wildman–Crippen MR) is 85.4 cm³/mol. The van der Waals surface area contributed by atoms with Gasteiger partial charge in [0, 0.05) is 11.9 Å². The highest BCUT2D eigenvalue weighted by Crippen LogP contribution is 2.24. The van der Waals surface area contributed by atoms with E-state index in [-0.39, 0.29) is 12.6 Å². The Morgan fingerprint density at radius 1 is 1.29 bits per heavy atom. The maximum Gasteiger partial charge on any atom is 0.414 e. The average Bonchev–Trinajstić information content (AvgIpc) is 2.60. The Labute approximate surface area is 138 Å². The molecule has 7 nitrogen and oxygen atoms in total. The van der Waals surface area contributed by atoms with Crippen molar-refractivity contribution in [1.29, 1.82) is 0 Å². The van der Waals surface area contributed by atoms with Crippen LogP contribution in [0.5, 0.6) is 0 Å². The van der Waals surface area contributed by atoms with E-state index in [4.69, 9.17) is 9.84 Å². The first-order valence-electron chi connectivity index (χ1n) is 7.67. The molecule has 1 aromatic heterocycles. The number of carbonyl (C=O) groups is 2. The lowest BCUT2D eigenvalue weighted by Gasteiger charge is -2.20. The summed E-state index contributed by atoms with van der Waals surface area (Å²) in [7, 11) is 0. The molecule has 0 aliphatic heterocycles. The van der Waals surface area contributed by atoms with E-state index in [0.717, 1.165) is 16.8 Å². The van der Waals surface area contributed by atoms with Crippen LogP contribution in [-0.4, -0.2) is 27.1 Å². The van der Waals surface area contributed by atoms with Crippen molar-refractivity contribution in [3.05, 3.63) is 53.3 Å². The molecular weight excluding hydrogens is 310 g/mol. The number of amides is 1. The Morgan fingerprint density at radius 2 is 2.08 bits per heavy atom. The van der Waals surface area contributed by atoms with E-state index < -0.39 is 18.0 Å². The van der Waals surface area contributed by atoms with Crippen LogP contribution in [0, 0.1) is 5.92 Å². The lowest BCUT2D eigenvalue weighted by molar-refractivity contribution is -0.142. The van der Waals surface area contributed by atoms with E-state index in [1.54, 1.807) is 6.20 Å². The SMILES string of the molecule is O=C(Nc1ncc2c(n1)CCC(C(=O)O)C2)OCc1ccccc1. The molecule has 1 aliphatic carbocycles. The third-order valence-electron chi connectivity index (χ3n) is 3.93. The van der Waals surface area contributed by atoms with Crippen molar-refractivity contribution in [1.82, 2.24) is 9.97 Å². The number of benzene rings is 1. The smallest absolute Gasteiger partial charge is 0.414 e. The van der Waals surface area contributed by atoms with Gasteiger partial charge in [0.25, 0.3) is 0 Å². The number of ether oxygens (including phenoxy) is 1. The highest BCUT2D eigenvalue weighted by molar-refractivity contribution is 5.82. The molecule has 1 unspecified atom stereocenters. The molecule has 0 fully saturated rings. The van der Waals surface area contributed by atoms with Gasteiger partial charge in [-0.2, -0.15) is 0 Å². The lowest BCUT2D eigenvalue weighted by atomic mass is 9.87. The number of rotatable bonds is 4. The largest absolute Gasteiger partial charge is 0.481 e. The number of aliphatic carboxylic acids is 1. The molecule has 1 atom stereocenters. The van der Waals surface area contributed by atoms with Gasteiger partial charge in [-0.05, 0) is 30.4 Å². The molecule has 1 amide bonds. The van der Waals surface area contributed by atoms with Gasteiger partial charge in [-0.3, -0.25) is 10.1 Å². The Hall–Kier alpha value is -2.96. The highest BCUT2D eigenvalue weighted by Gasteiger charge is 2.25. The Balaban J connectivity index is 1.58. The van der Waals surface area contributed by atoms with E-state index in [0.29, 0.717) is 19.3 Å². The monoisotopic (exact) mass is 327 g/mol. The van der Waals surface area contributed by atoms with E-state index in [1.807, 2.05) is 30.3 Å². The number of nitrogens with one attached hydrogen (secondary N) is 1. The first-order chi connectivity index (χ1) is 11.6. The fourth-order valence-corrected chi connectivity index (χ4v) is 2.63. The van der Waals surface area contributed by atoms with Gasteiger partial charge in [-0.15, -0.1) is 0 Å². The van der Waals surface area contributed by atoms with Crippen LogP contribution in [0.1, 0.15) is 23.2 Å². The highest BCUT2D eigenvalue weighted by atomic mass is 16.5. The van der Waals surface area contributed by atoms with E-state index in [1.165, 1.54) is 0 Å². The number of carboxylic acids is 1. The molecule has 124 valence electrons. The molecule has 0 radical (unpaired) electrons. The number of nitrogens with zero attached hydrogens (tertiary/aromatic N) is 2. The van der Waals surface area contributed by atoms with Crippen molar-refractivity contribution >= 4 is 18.0 Å². The number of anilines is 1. The van der Waals surface area contributed by atoms with Crippen LogP contribution in [0.4, 0.5) is 10.7 Å². The van der Waals surface area contributed by atoms with Crippen molar-refractivity contribution < 1.29 is 19.4 Å². The van der Waals surface area contributed by atoms with Crippen molar-refractivity contribution in [2.24, 2.45) is 5.92 Å². The summed E-state index contributed by atoms with van der Waals surface area (Å²) in [4.78, 5) is 31.2. The van der Waals surface area contributed by atoms with Gasteiger partial charge in [-0.1, -0.05) is 30.3 Å². The van der Waals surface area contributed by atoms with Crippen molar-refractivity contribution in [2.75, 3.05) is 5.32 Å².